The van der Waals surface area contributed by atoms with Gasteiger partial charge in [0.15, 0.2) is 5.78 Å². The van der Waals surface area contributed by atoms with Crippen LogP contribution >= 0.6 is 0 Å². The van der Waals surface area contributed by atoms with Gasteiger partial charge >= 0.3 is 0 Å². The first-order valence-electron chi connectivity index (χ1n) is 8.10. The fourth-order valence-corrected chi connectivity index (χ4v) is 2.67. The number of carbonyl (C=O) groups excluding carboxylic acids is 1. The number of halogens is 1. The maximum absolute atomic E-state index is 13.5. The van der Waals surface area contributed by atoms with Crippen molar-refractivity contribution in [2.24, 2.45) is 0 Å². The Morgan fingerprint density at radius 1 is 1.23 bits per heavy atom. The van der Waals surface area contributed by atoms with Gasteiger partial charge in [-0.2, -0.15) is 5.10 Å². The van der Waals surface area contributed by atoms with E-state index in [-0.39, 0.29) is 17.0 Å². The van der Waals surface area contributed by atoms with E-state index in [1.807, 2.05) is 0 Å². The summed E-state index contributed by atoms with van der Waals surface area (Å²) in [7, 11) is 0. The molecule has 7 heteroatoms. The minimum atomic E-state index is -0.446. The SMILES string of the molecule is CCn1nc(-c2ccncc2)c(C(C)=O)c(Nc2cccc(F)c2)c1=O. The molecule has 1 aromatic carbocycles. The number of anilines is 2. The smallest absolute Gasteiger partial charge is 0.291 e. The van der Waals surface area contributed by atoms with Crippen LogP contribution in [0.5, 0.6) is 0 Å². The molecule has 132 valence electrons. The Kier molecular flexibility index (Phi) is 4.88. The standard InChI is InChI=1S/C19H17FN4O2/c1-3-24-19(26)18(22-15-6-4-5-14(20)11-15)16(12(2)25)17(23-24)13-7-9-21-10-8-13/h4-11,22H,3H2,1-2H3. The molecule has 2 heterocycles. The Hall–Kier alpha value is -3.35. The molecule has 0 spiro atoms. The number of aromatic nitrogens is 3. The van der Waals surface area contributed by atoms with Gasteiger partial charge in [0.2, 0.25) is 0 Å². The Bertz CT molecular complexity index is 1020. The fraction of sp³-hybridized carbons (Fsp3) is 0.158. The molecule has 0 aliphatic carbocycles. The zero-order valence-corrected chi connectivity index (χ0v) is 14.4. The third kappa shape index (κ3) is 3.37. The van der Waals surface area contributed by atoms with Crippen molar-refractivity contribution in [2.45, 2.75) is 20.4 Å². The maximum Gasteiger partial charge on any atom is 0.291 e. The summed E-state index contributed by atoms with van der Waals surface area (Å²) in [5.74, 6) is -0.762. The molecule has 0 fully saturated rings. The van der Waals surface area contributed by atoms with Crippen LogP contribution in [0, 0.1) is 5.82 Å². The molecule has 0 amide bonds. The number of carbonyl (C=O) groups is 1. The number of nitrogens with zero attached hydrogens (tertiary/aromatic N) is 3. The van der Waals surface area contributed by atoms with Gasteiger partial charge in [0, 0.05) is 30.2 Å². The van der Waals surface area contributed by atoms with Gasteiger partial charge in [-0.1, -0.05) is 6.07 Å². The third-order valence-corrected chi connectivity index (χ3v) is 3.86. The number of nitrogens with one attached hydrogen (secondary N) is 1. The molecule has 26 heavy (non-hydrogen) atoms. The number of ketones is 1. The minimum Gasteiger partial charge on any atom is -0.350 e. The largest absolute Gasteiger partial charge is 0.350 e. The van der Waals surface area contributed by atoms with Crippen molar-refractivity contribution in [1.82, 2.24) is 14.8 Å². The van der Waals surface area contributed by atoms with Crippen LogP contribution < -0.4 is 10.9 Å². The van der Waals surface area contributed by atoms with Crippen LogP contribution in [0.1, 0.15) is 24.2 Å². The zero-order chi connectivity index (χ0) is 18.7. The normalized spacial score (nSPS) is 10.6. The predicted molar refractivity (Wildman–Crippen MR) is 97.1 cm³/mol. The second-order valence-corrected chi connectivity index (χ2v) is 5.65. The van der Waals surface area contributed by atoms with Crippen LogP contribution in [0.2, 0.25) is 0 Å². The first kappa shape index (κ1) is 17.5. The van der Waals surface area contributed by atoms with E-state index in [0.717, 1.165) is 0 Å². The van der Waals surface area contributed by atoms with E-state index in [2.05, 4.69) is 15.4 Å². The van der Waals surface area contributed by atoms with E-state index >= 15 is 0 Å². The highest BCUT2D eigenvalue weighted by atomic mass is 19.1. The molecular weight excluding hydrogens is 335 g/mol. The Balaban J connectivity index is 2.27. The molecule has 0 aliphatic rings. The zero-order valence-electron chi connectivity index (χ0n) is 14.4. The maximum atomic E-state index is 13.5. The van der Waals surface area contributed by atoms with Gasteiger partial charge in [0.25, 0.3) is 5.56 Å². The highest BCUT2D eigenvalue weighted by Gasteiger charge is 2.22. The van der Waals surface area contributed by atoms with Gasteiger partial charge in [-0.3, -0.25) is 14.6 Å². The van der Waals surface area contributed by atoms with Gasteiger partial charge < -0.3 is 5.32 Å². The Morgan fingerprint density at radius 2 is 1.96 bits per heavy atom. The number of Topliss-reactive ketones (excluding diaryl/α,β-unsaturated/α-hetero) is 1. The average Bonchev–Trinajstić information content (AvgIpc) is 2.63. The first-order valence-corrected chi connectivity index (χ1v) is 8.10. The number of aryl methyl sites for hydroxylation is 1. The van der Waals surface area contributed by atoms with Crippen molar-refractivity contribution in [3.63, 3.8) is 0 Å². The van der Waals surface area contributed by atoms with E-state index < -0.39 is 11.4 Å². The van der Waals surface area contributed by atoms with Gasteiger partial charge in [0.05, 0.1) is 5.56 Å². The lowest BCUT2D eigenvalue weighted by atomic mass is 10.0. The van der Waals surface area contributed by atoms with Crippen molar-refractivity contribution in [3.05, 3.63) is 70.5 Å². The average molecular weight is 352 g/mol. The molecule has 1 N–H and O–H groups in total. The van der Waals surface area contributed by atoms with Crippen LogP contribution in [0.3, 0.4) is 0 Å². The number of hydrogen-bond donors (Lipinski definition) is 1. The molecule has 0 saturated heterocycles. The van der Waals surface area contributed by atoms with Crippen molar-refractivity contribution >= 4 is 17.2 Å². The van der Waals surface area contributed by atoms with Gasteiger partial charge in [-0.25, -0.2) is 9.07 Å². The molecular formula is C19H17FN4O2. The van der Waals surface area contributed by atoms with Crippen molar-refractivity contribution in [1.29, 1.82) is 0 Å². The lowest BCUT2D eigenvalue weighted by Gasteiger charge is -2.16. The van der Waals surface area contributed by atoms with Crippen LogP contribution in [-0.2, 0) is 6.54 Å². The van der Waals surface area contributed by atoms with E-state index in [4.69, 9.17) is 0 Å². The first-order chi connectivity index (χ1) is 12.5. The Labute approximate surface area is 149 Å². The second kappa shape index (κ2) is 7.26. The molecule has 3 aromatic rings. The van der Waals surface area contributed by atoms with Crippen molar-refractivity contribution in [2.75, 3.05) is 5.32 Å². The van der Waals surface area contributed by atoms with E-state index in [1.165, 1.54) is 29.8 Å². The van der Waals surface area contributed by atoms with Crippen LogP contribution in [0.25, 0.3) is 11.3 Å². The molecule has 0 bridgehead atoms. The summed E-state index contributed by atoms with van der Waals surface area (Å²) in [5.41, 5.74) is 1.20. The van der Waals surface area contributed by atoms with Crippen LogP contribution in [0.15, 0.2) is 53.6 Å². The molecule has 2 aromatic heterocycles. The minimum absolute atomic E-state index is 0.0757. The molecule has 0 aliphatic heterocycles. The molecule has 3 rings (SSSR count). The van der Waals surface area contributed by atoms with E-state index in [9.17, 15) is 14.0 Å². The summed E-state index contributed by atoms with van der Waals surface area (Å²) in [6, 6.07) is 9.13. The third-order valence-electron chi connectivity index (χ3n) is 3.86. The van der Waals surface area contributed by atoms with Gasteiger partial charge in [-0.05, 0) is 44.2 Å². The van der Waals surface area contributed by atoms with Gasteiger partial charge in [0.1, 0.15) is 17.2 Å². The van der Waals surface area contributed by atoms with E-state index in [0.29, 0.717) is 23.5 Å². The highest BCUT2D eigenvalue weighted by Crippen LogP contribution is 2.27. The second-order valence-electron chi connectivity index (χ2n) is 5.65. The monoisotopic (exact) mass is 352 g/mol. The summed E-state index contributed by atoms with van der Waals surface area (Å²) in [5, 5.41) is 7.24. The Morgan fingerprint density at radius 3 is 2.58 bits per heavy atom. The molecule has 0 saturated carbocycles. The van der Waals surface area contributed by atoms with Crippen LogP contribution in [-0.4, -0.2) is 20.5 Å². The highest BCUT2D eigenvalue weighted by molar-refractivity contribution is 6.05. The molecule has 0 atom stereocenters. The fourth-order valence-electron chi connectivity index (χ4n) is 2.67. The summed E-state index contributed by atoms with van der Waals surface area (Å²) in [6.45, 7) is 3.48. The number of rotatable bonds is 5. The van der Waals surface area contributed by atoms with Crippen molar-refractivity contribution in [3.8, 4) is 11.3 Å². The van der Waals surface area contributed by atoms with Crippen molar-refractivity contribution < 1.29 is 9.18 Å². The summed E-state index contributed by atoms with van der Waals surface area (Å²) < 4.78 is 14.8. The summed E-state index contributed by atoms with van der Waals surface area (Å²) >= 11 is 0. The van der Waals surface area contributed by atoms with Crippen LogP contribution in [0.4, 0.5) is 15.8 Å². The topological polar surface area (TPSA) is 76.9 Å². The number of pyridine rings is 1. The lowest BCUT2D eigenvalue weighted by Crippen LogP contribution is -2.28. The molecule has 0 unspecified atom stereocenters. The molecule has 0 radical (unpaired) electrons. The predicted octanol–water partition coefficient (Wildman–Crippen LogP) is 3.41. The number of hydrogen-bond acceptors (Lipinski definition) is 5. The quantitative estimate of drug-likeness (QED) is 0.712. The van der Waals surface area contributed by atoms with E-state index in [1.54, 1.807) is 37.5 Å². The van der Waals surface area contributed by atoms with Gasteiger partial charge in [-0.15, -0.1) is 0 Å². The number of benzene rings is 1. The summed E-state index contributed by atoms with van der Waals surface area (Å²) in [6.07, 6.45) is 3.17. The lowest BCUT2D eigenvalue weighted by molar-refractivity contribution is 0.101. The summed E-state index contributed by atoms with van der Waals surface area (Å²) in [4.78, 5) is 29.1. The molecule has 6 nitrogen and oxygen atoms in total.